The number of carbonyl (C=O) groups excluding carboxylic acids is 1. The number of carbonyl (C=O) groups is 1. The second-order valence-corrected chi connectivity index (χ2v) is 10.2. The molecule has 0 saturated heterocycles. The lowest BCUT2D eigenvalue weighted by Crippen LogP contribution is -2.29. The number of hydrogen-bond acceptors (Lipinski definition) is 5. The first-order valence-electron chi connectivity index (χ1n) is 9.43. The van der Waals surface area contributed by atoms with E-state index in [9.17, 15) is 13.2 Å². The fourth-order valence-electron chi connectivity index (χ4n) is 3.92. The fourth-order valence-corrected chi connectivity index (χ4v) is 6.10. The van der Waals surface area contributed by atoms with Gasteiger partial charge in [-0.2, -0.15) is 0 Å². The Balaban J connectivity index is 1.49. The minimum atomic E-state index is -3.67. The Labute approximate surface area is 173 Å². The second-order valence-electron chi connectivity index (χ2n) is 7.29. The van der Waals surface area contributed by atoms with Crippen LogP contribution in [-0.2, 0) is 27.7 Å². The SMILES string of the molecule is Cc1nc(-c2ccc3c(c2)CCN3S(=O)(=O)c2ccc3c(c2)CCC(=O)N3)cs1. The van der Waals surface area contributed by atoms with Gasteiger partial charge in [-0.1, -0.05) is 6.07 Å². The number of fused-ring (bicyclic) bond motifs is 2. The van der Waals surface area contributed by atoms with Gasteiger partial charge in [0.1, 0.15) is 0 Å². The number of rotatable bonds is 3. The molecule has 0 radical (unpaired) electrons. The topological polar surface area (TPSA) is 79.4 Å². The molecule has 3 aromatic rings. The summed E-state index contributed by atoms with van der Waals surface area (Å²) in [5.74, 6) is -0.0345. The zero-order valence-corrected chi connectivity index (χ0v) is 17.4. The van der Waals surface area contributed by atoms with Gasteiger partial charge in [-0.15, -0.1) is 11.3 Å². The van der Waals surface area contributed by atoms with E-state index >= 15 is 0 Å². The maximum atomic E-state index is 13.3. The quantitative estimate of drug-likeness (QED) is 0.693. The zero-order valence-electron chi connectivity index (χ0n) is 15.8. The van der Waals surface area contributed by atoms with Crippen LogP contribution < -0.4 is 9.62 Å². The van der Waals surface area contributed by atoms with Crippen molar-refractivity contribution in [1.29, 1.82) is 0 Å². The minimum Gasteiger partial charge on any atom is -0.326 e. The molecular formula is C21H19N3O3S2. The first-order valence-corrected chi connectivity index (χ1v) is 11.7. The van der Waals surface area contributed by atoms with E-state index in [1.807, 2.05) is 30.5 Å². The molecule has 1 N–H and O–H groups in total. The molecule has 2 aliphatic rings. The maximum Gasteiger partial charge on any atom is 0.264 e. The highest BCUT2D eigenvalue weighted by Crippen LogP contribution is 2.37. The van der Waals surface area contributed by atoms with Crippen molar-refractivity contribution in [3.05, 3.63) is 57.9 Å². The second kappa shape index (κ2) is 6.67. The molecule has 1 amide bonds. The normalized spacial score (nSPS) is 15.8. The van der Waals surface area contributed by atoms with Crippen molar-refractivity contribution < 1.29 is 13.2 Å². The average molecular weight is 426 g/mol. The number of thiazole rings is 1. The van der Waals surface area contributed by atoms with Gasteiger partial charge in [-0.25, -0.2) is 13.4 Å². The van der Waals surface area contributed by atoms with Crippen molar-refractivity contribution >= 4 is 38.6 Å². The number of anilines is 2. The van der Waals surface area contributed by atoms with Crippen molar-refractivity contribution in [3.63, 3.8) is 0 Å². The van der Waals surface area contributed by atoms with Gasteiger partial charge in [0.2, 0.25) is 5.91 Å². The van der Waals surface area contributed by atoms with Crippen LogP contribution in [0, 0.1) is 6.92 Å². The number of amides is 1. The van der Waals surface area contributed by atoms with Crippen LogP contribution in [0.5, 0.6) is 0 Å². The average Bonchev–Trinajstić information content (AvgIpc) is 3.33. The van der Waals surface area contributed by atoms with E-state index in [1.165, 1.54) is 4.31 Å². The Morgan fingerprint density at radius 2 is 1.93 bits per heavy atom. The molecule has 6 nitrogen and oxygen atoms in total. The van der Waals surface area contributed by atoms with Crippen LogP contribution in [0.25, 0.3) is 11.3 Å². The standard InChI is InChI=1S/C21H19N3O3S2/c1-13-22-19(12-28-13)14-2-6-20-16(10-14)8-9-24(20)29(26,27)17-4-5-18-15(11-17)3-7-21(25)23-18/h2,4-6,10-12H,3,7-9H2,1H3,(H,23,25). The summed E-state index contributed by atoms with van der Waals surface area (Å²) in [5, 5.41) is 5.82. The highest BCUT2D eigenvalue weighted by Gasteiger charge is 2.32. The van der Waals surface area contributed by atoms with Crippen molar-refractivity contribution in [2.45, 2.75) is 31.1 Å². The molecule has 0 atom stereocenters. The van der Waals surface area contributed by atoms with Crippen LogP contribution in [-0.4, -0.2) is 25.9 Å². The highest BCUT2D eigenvalue weighted by molar-refractivity contribution is 7.92. The molecular weight excluding hydrogens is 406 g/mol. The first-order chi connectivity index (χ1) is 13.9. The summed E-state index contributed by atoms with van der Waals surface area (Å²) in [6.45, 7) is 2.39. The summed E-state index contributed by atoms with van der Waals surface area (Å²) in [6.07, 6.45) is 1.60. The highest BCUT2D eigenvalue weighted by atomic mass is 32.2. The van der Waals surface area contributed by atoms with Crippen LogP contribution in [0.1, 0.15) is 22.6 Å². The fraction of sp³-hybridized carbons (Fsp3) is 0.238. The number of aryl methyl sites for hydroxylation is 2. The van der Waals surface area contributed by atoms with Crippen molar-refractivity contribution in [2.75, 3.05) is 16.2 Å². The lowest BCUT2D eigenvalue weighted by molar-refractivity contribution is -0.116. The molecule has 8 heteroatoms. The van der Waals surface area contributed by atoms with E-state index < -0.39 is 10.0 Å². The molecule has 0 unspecified atom stereocenters. The number of sulfonamides is 1. The Morgan fingerprint density at radius 1 is 1.07 bits per heavy atom. The van der Waals surface area contributed by atoms with Gasteiger partial charge in [0, 0.05) is 29.6 Å². The minimum absolute atomic E-state index is 0.0345. The van der Waals surface area contributed by atoms with E-state index in [-0.39, 0.29) is 10.8 Å². The summed E-state index contributed by atoms with van der Waals surface area (Å²) < 4.78 is 28.2. The number of nitrogens with one attached hydrogen (secondary N) is 1. The number of aromatic nitrogens is 1. The van der Waals surface area contributed by atoms with Crippen molar-refractivity contribution in [2.24, 2.45) is 0 Å². The molecule has 1 aromatic heterocycles. The molecule has 5 rings (SSSR count). The third kappa shape index (κ3) is 3.12. The van der Waals surface area contributed by atoms with Crippen LogP contribution in [0.4, 0.5) is 11.4 Å². The Kier molecular flexibility index (Phi) is 4.22. The molecule has 2 aliphatic heterocycles. The van der Waals surface area contributed by atoms with E-state index in [0.29, 0.717) is 31.5 Å². The van der Waals surface area contributed by atoms with Crippen LogP contribution in [0.2, 0.25) is 0 Å². The van der Waals surface area contributed by atoms with Crippen LogP contribution >= 0.6 is 11.3 Å². The summed E-state index contributed by atoms with van der Waals surface area (Å²) in [4.78, 5) is 16.3. The number of benzene rings is 2. The van der Waals surface area contributed by atoms with E-state index in [4.69, 9.17) is 0 Å². The maximum absolute atomic E-state index is 13.3. The third-order valence-electron chi connectivity index (χ3n) is 5.41. The Hall–Kier alpha value is -2.71. The lowest BCUT2D eigenvalue weighted by atomic mass is 10.0. The third-order valence-corrected chi connectivity index (χ3v) is 7.99. The van der Waals surface area contributed by atoms with Crippen molar-refractivity contribution in [1.82, 2.24) is 4.98 Å². The van der Waals surface area contributed by atoms with Gasteiger partial charge in [0.05, 0.1) is 21.3 Å². The van der Waals surface area contributed by atoms with Gasteiger partial charge >= 0.3 is 0 Å². The first kappa shape index (κ1) is 18.3. The van der Waals surface area contributed by atoms with E-state index in [2.05, 4.69) is 10.3 Å². The molecule has 0 bridgehead atoms. The predicted molar refractivity (Wildman–Crippen MR) is 114 cm³/mol. The van der Waals surface area contributed by atoms with Crippen molar-refractivity contribution in [3.8, 4) is 11.3 Å². The molecule has 0 spiro atoms. The van der Waals surface area contributed by atoms with Gasteiger partial charge < -0.3 is 5.32 Å². The van der Waals surface area contributed by atoms with Gasteiger partial charge in [-0.3, -0.25) is 9.10 Å². The number of hydrogen-bond donors (Lipinski definition) is 1. The molecule has 0 saturated carbocycles. The molecule has 2 aromatic carbocycles. The summed E-state index contributed by atoms with van der Waals surface area (Å²) in [7, 11) is -3.67. The number of nitrogens with zero attached hydrogens (tertiary/aromatic N) is 2. The predicted octanol–water partition coefficient (Wildman–Crippen LogP) is 3.75. The molecule has 148 valence electrons. The smallest absolute Gasteiger partial charge is 0.264 e. The Morgan fingerprint density at radius 3 is 2.72 bits per heavy atom. The molecule has 0 aliphatic carbocycles. The van der Waals surface area contributed by atoms with E-state index in [1.54, 1.807) is 29.5 Å². The summed E-state index contributed by atoms with van der Waals surface area (Å²) in [5.41, 5.74) is 5.24. The molecule has 3 heterocycles. The zero-order chi connectivity index (χ0) is 20.2. The van der Waals surface area contributed by atoms with E-state index in [0.717, 1.165) is 33.1 Å². The van der Waals surface area contributed by atoms with Crippen LogP contribution in [0.15, 0.2) is 46.7 Å². The molecule has 29 heavy (non-hydrogen) atoms. The summed E-state index contributed by atoms with van der Waals surface area (Å²) >= 11 is 1.60. The Bertz CT molecular complexity index is 1250. The van der Waals surface area contributed by atoms with Gasteiger partial charge in [0.25, 0.3) is 10.0 Å². The molecule has 0 fully saturated rings. The lowest BCUT2D eigenvalue weighted by Gasteiger charge is -2.22. The monoisotopic (exact) mass is 425 g/mol. The summed E-state index contributed by atoms with van der Waals surface area (Å²) in [6, 6.07) is 10.8. The van der Waals surface area contributed by atoms with Crippen LogP contribution in [0.3, 0.4) is 0 Å². The largest absolute Gasteiger partial charge is 0.326 e. The van der Waals surface area contributed by atoms with Gasteiger partial charge in [0.15, 0.2) is 0 Å². The van der Waals surface area contributed by atoms with Gasteiger partial charge in [-0.05, 0) is 61.2 Å².